The first kappa shape index (κ1) is 51.5. The normalized spacial score (nSPS) is 11.0. The molecule has 0 aliphatic rings. The minimum atomic E-state index is -2.79. The number of methoxy groups -OCH3 is 1. The Morgan fingerprint density at radius 3 is 2.13 bits per heavy atom. The van der Waals surface area contributed by atoms with Crippen LogP contribution in [0.5, 0.6) is 5.75 Å². The van der Waals surface area contributed by atoms with Gasteiger partial charge in [-0.1, -0.05) is 74.8 Å². The fraction of sp³-hybridized carbons (Fsp3) is 0.351. The van der Waals surface area contributed by atoms with Crippen LogP contribution in [0.1, 0.15) is 27.0 Å². The van der Waals surface area contributed by atoms with Crippen molar-refractivity contribution in [2.24, 2.45) is 0 Å². The van der Waals surface area contributed by atoms with Gasteiger partial charge in [0.25, 0.3) is 5.91 Å². The number of ether oxygens (including phenoxy) is 1. The molecule has 0 bridgehead atoms. The molecule has 0 fully saturated rings. The molecular formula is C37H49N6Na2O8P. The smallest absolute Gasteiger partial charge is 0.810 e. The van der Waals surface area contributed by atoms with Gasteiger partial charge >= 0.3 is 65.1 Å². The number of hydrogen-bond donors (Lipinski definition) is 2. The number of amides is 3. The van der Waals surface area contributed by atoms with E-state index in [1.807, 2.05) is 67.4 Å². The Labute approximate surface area is 364 Å². The van der Waals surface area contributed by atoms with Gasteiger partial charge in [-0.05, 0) is 56.4 Å². The third-order valence-electron chi connectivity index (χ3n) is 7.49. The summed E-state index contributed by atoms with van der Waals surface area (Å²) in [6.45, 7) is 7.90. The number of aldehydes is 2. The van der Waals surface area contributed by atoms with Crippen LogP contribution in [0.2, 0.25) is 0 Å². The van der Waals surface area contributed by atoms with Gasteiger partial charge in [0.2, 0.25) is 0 Å². The van der Waals surface area contributed by atoms with E-state index < -0.39 is 20.8 Å². The van der Waals surface area contributed by atoms with E-state index in [4.69, 9.17) is 4.74 Å². The van der Waals surface area contributed by atoms with Crippen molar-refractivity contribution in [2.45, 2.75) is 26.2 Å². The maximum atomic E-state index is 13.7. The quantitative estimate of drug-likeness (QED) is 0.0206. The molecule has 2 N–H and O–H groups in total. The minimum absolute atomic E-state index is 0. The fourth-order valence-electron chi connectivity index (χ4n) is 4.95. The van der Waals surface area contributed by atoms with Crippen molar-refractivity contribution in [3.63, 3.8) is 0 Å². The van der Waals surface area contributed by atoms with E-state index in [-0.39, 0.29) is 84.7 Å². The first-order valence-corrected chi connectivity index (χ1v) is 17.6. The van der Waals surface area contributed by atoms with Crippen LogP contribution < -0.4 is 84.1 Å². The molecular weight excluding hydrogens is 733 g/mol. The number of benzene rings is 3. The second-order valence-electron chi connectivity index (χ2n) is 11.7. The van der Waals surface area contributed by atoms with Crippen LogP contribution in [0.15, 0.2) is 91.5 Å². The zero-order chi connectivity index (χ0) is 38.3. The van der Waals surface area contributed by atoms with Gasteiger partial charge in [0, 0.05) is 45.4 Å². The standard InChI is InChI=1S/C30H42N6O5.C7H7O3P.2Na/c1-5-15-35(17-19-38)36(30(40)32-22-25-10-7-6-8-11-25)28(34(3)16-18-37)24-33(2)23-26-12-9-13-27(21-26)29(39)31-14-20-41-4;1-6-2-4-7(5-3-6)10-11(8)9;;/h5-13,18-19,21,28H,1,14-17,20,22-24H2,2-4H3,(H,31,39)(H,32,40);2-5H,1H3;;/q;-2;2*+1. The molecule has 0 spiro atoms. The SMILES string of the molecule is C=CCN(CC=O)N(C(=O)NCc1ccccc1)C(CN(C)Cc1cccc(C(=O)NCCOC)c1)N(C)CC=O.Cc1ccc(OP([O-])[O-])cc1.[Na+].[Na+]. The van der Waals surface area contributed by atoms with Gasteiger partial charge in [-0.2, -0.15) is 0 Å². The summed E-state index contributed by atoms with van der Waals surface area (Å²) in [5.74, 6) is 0.164. The van der Waals surface area contributed by atoms with Crippen molar-refractivity contribution >= 4 is 33.1 Å². The van der Waals surface area contributed by atoms with Crippen LogP contribution in [0.25, 0.3) is 0 Å². The molecule has 54 heavy (non-hydrogen) atoms. The van der Waals surface area contributed by atoms with Crippen LogP contribution in [0, 0.1) is 6.92 Å². The van der Waals surface area contributed by atoms with Crippen molar-refractivity contribution in [2.75, 3.05) is 60.5 Å². The molecule has 282 valence electrons. The summed E-state index contributed by atoms with van der Waals surface area (Å²) in [5.41, 5.74) is 3.43. The molecule has 0 saturated heterocycles. The Bertz CT molecular complexity index is 1520. The van der Waals surface area contributed by atoms with E-state index in [9.17, 15) is 29.0 Å². The van der Waals surface area contributed by atoms with E-state index in [0.29, 0.717) is 44.1 Å². The molecule has 14 nitrogen and oxygen atoms in total. The molecule has 0 saturated carbocycles. The number of carbonyl (C=O) groups excluding carboxylic acids is 4. The Morgan fingerprint density at radius 1 is 0.889 bits per heavy atom. The maximum Gasteiger partial charge on any atom is 1.00 e. The molecule has 1 unspecified atom stereocenters. The second-order valence-corrected chi connectivity index (χ2v) is 12.3. The first-order chi connectivity index (χ1) is 25.0. The summed E-state index contributed by atoms with van der Waals surface area (Å²) >= 11 is 0. The summed E-state index contributed by atoms with van der Waals surface area (Å²) in [7, 11) is 2.43. The van der Waals surface area contributed by atoms with Crippen LogP contribution >= 0.6 is 8.60 Å². The predicted octanol–water partition coefficient (Wildman–Crippen LogP) is -3.91. The summed E-state index contributed by atoms with van der Waals surface area (Å²) in [6, 6.07) is 23.2. The molecule has 3 rings (SSSR count). The van der Waals surface area contributed by atoms with Crippen molar-refractivity contribution in [3.05, 3.63) is 114 Å². The zero-order valence-electron chi connectivity index (χ0n) is 32.2. The largest absolute Gasteiger partial charge is 1.00 e. The van der Waals surface area contributed by atoms with Crippen LogP contribution in [0.4, 0.5) is 4.79 Å². The summed E-state index contributed by atoms with van der Waals surface area (Å²) < 4.78 is 9.41. The second kappa shape index (κ2) is 29.7. The summed E-state index contributed by atoms with van der Waals surface area (Å²) in [6.07, 6.45) is 2.51. The van der Waals surface area contributed by atoms with Gasteiger partial charge < -0.3 is 39.3 Å². The predicted molar refractivity (Wildman–Crippen MR) is 197 cm³/mol. The number of nitrogens with one attached hydrogen (secondary N) is 2. The molecule has 0 aromatic heterocycles. The number of likely N-dealkylation sites (N-methyl/N-ethyl adjacent to an activating group) is 2. The fourth-order valence-corrected chi connectivity index (χ4v) is 5.25. The molecule has 0 aliphatic heterocycles. The number of carbonyl (C=O) groups is 4. The van der Waals surface area contributed by atoms with Gasteiger partial charge in [0.05, 0.1) is 19.7 Å². The van der Waals surface area contributed by atoms with E-state index in [1.165, 1.54) is 5.01 Å². The molecule has 3 aromatic rings. The molecule has 0 radical (unpaired) electrons. The van der Waals surface area contributed by atoms with Gasteiger partial charge in [-0.15, -0.1) is 6.58 Å². The van der Waals surface area contributed by atoms with Crippen molar-refractivity contribution in [1.82, 2.24) is 30.5 Å². The molecule has 3 aromatic carbocycles. The van der Waals surface area contributed by atoms with Crippen molar-refractivity contribution < 1.29 is 97.3 Å². The average Bonchev–Trinajstić information content (AvgIpc) is 3.12. The zero-order valence-corrected chi connectivity index (χ0v) is 37.1. The Hall–Kier alpha value is -2.53. The van der Waals surface area contributed by atoms with Gasteiger partial charge in [0.1, 0.15) is 24.5 Å². The molecule has 1 atom stereocenters. The van der Waals surface area contributed by atoms with E-state index in [1.54, 1.807) is 60.5 Å². The number of nitrogens with zero attached hydrogens (tertiary/aromatic N) is 4. The number of urea groups is 1. The first-order valence-electron chi connectivity index (χ1n) is 16.5. The molecule has 3 amide bonds. The Morgan fingerprint density at radius 2 is 1.54 bits per heavy atom. The number of hydrogen-bond acceptors (Lipinski definition) is 11. The Kier molecular flexibility index (Phi) is 28.3. The monoisotopic (exact) mass is 782 g/mol. The maximum absolute atomic E-state index is 13.7. The number of aryl methyl sites for hydroxylation is 1. The van der Waals surface area contributed by atoms with Crippen molar-refractivity contribution in [3.8, 4) is 5.75 Å². The van der Waals surface area contributed by atoms with E-state index >= 15 is 0 Å². The molecule has 0 aliphatic carbocycles. The summed E-state index contributed by atoms with van der Waals surface area (Å²) in [4.78, 5) is 73.2. The van der Waals surface area contributed by atoms with Gasteiger partial charge in [-0.3, -0.25) is 14.6 Å². The van der Waals surface area contributed by atoms with Crippen LogP contribution in [0.3, 0.4) is 0 Å². The van der Waals surface area contributed by atoms with Gasteiger partial charge in [0.15, 0.2) is 0 Å². The van der Waals surface area contributed by atoms with Crippen LogP contribution in [-0.2, 0) is 27.4 Å². The third-order valence-corrected chi connectivity index (χ3v) is 7.85. The molecule has 17 heteroatoms. The van der Waals surface area contributed by atoms with Gasteiger partial charge in [-0.25, -0.2) is 14.8 Å². The number of hydrazine groups is 1. The van der Waals surface area contributed by atoms with E-state index in [2.05, 4.69) is 21.7 Å². The third kappa shape index (κ3) is 19.9. The average molecular weight is 783 g/mol. The topological polar surface area (TPSA) is 170 Å². The van der Waals surface area contributed by atoms with E-state index in [0.717, 1.165) is 29.3 Å². The minimum Gasteiger partial charge on any atom is -0.810 e. The summed E-state index contributed by atoms with van der Waals surface area (Å²) in [5, 5.41) is 8.85. The molecule has 0 heterocycles. The number of rotatable bonds is 21. The van der Waals surface area contributed by atoms with Crippen molar-refractivity contribution in [1.29, 1.82) is 0 Å². The Balaban J connectivity index is 0.00000185. The van der Waals surface area contributed by atoms with Crippen LogP contribution in [-0.4, -0.2) is 111 Å².